The zero-order chi connectivity index (χ0) is 20.3. The molecule has 3 heterocycles. The first-order chi connectivity index (χ1) is 14.8. The molecule has 30 heavy (non-hydrogen) atoms. The van der Waals surface area contributed by atoms with E-state index in [0.717, 1.165) is 20.8 Å². The second kappa shape index (κ2) is 8.25. The molecule has 0 fully saturated rings. The van der Waals surface area contributed by atoms with E-state index in [0.29, 0.717) is 23.2 Å². The van der Waals surface area contributed by atoms with Gasteiger partial charge in [0.05, 0.1) is 18.4 Å². The van der Waals surface area contributed by atoms with Crippen molar-refractivity contribution in [3.05, 3.63) is 72.9 Å². The summed E-state index contributed by atoms with van der Waals surface area (Å²) in [4.78, 5) is 15.6. The van der Waals surface area contributed by atoms with Crippen molar-refractivity contribution in [2.75, 3.05) is 7.11 Å². The van der Waals surface area contributed by atoms with E-state index in [4.69, 9.17) is 9.26 Å². The minimum atomic E-state index is 0.512. The SMILES string of the molecule is COc1ccccc1-c1noc(CSc2ncnc3sc(-c4ccccc4)cc23)n1. The molecule has 0 bridgehead atoms. The highest BCUT2D eigenvalue weighted by Gasteiger charge is 2.15. The molecule has 5 rings (SSSR count). The van der Waals surface area contributed by atoms with Crippen LogP contribution in [0, 0.1) is 0 Å². The van der Waals surface area contributed by atoms with Gasteiger partial charge in [-0.05, 0) is 23.8 Å². The topological polar surface area (TPSA) is 73.9 Å². The monoisotopic (exact) mass is 432 g/mol. The van der Waals surface area contributed by atoms with Crippen LogP contribution in [0.1, 0.15) is 5.89 Å². The third-order valence-electron chi connectivity index (χ3n) is 4.50. The number of ether oxygens (including phenoxy) is 1. The molecular formula is C22H16N4O2S2. The van der Waals surface area contributed by atoms with Gasteiger partial charge in [0.1, 0.15) is 21.9 Å². The highest BCUT2D eigenvalue weighted by Crippen LogP contribution is 2.37. The Labute approximate surface area is 181 Å². The largest absolute Gasteiger partial charge is 0.496 e. The summed E-state index contributed by atoms with van der Waals surface area (Å²) in [6.07, 6.45) is 1.60. The number of para-hydroxylation sites is 1. The maximum atomic E-state index is 5.45. The molecule has 148 valence electrons. The lowest BCUT2D eigenvalue weighted by Gasteiger charge is -2.03. The van der Waals surface area contributed by atoms with Gasteiger partial charge in [-0.25, -0.2) is 9.97 Å². The van der Waals surface area contributed by atoms with Crippen LogP contribution in [0.25, 0.3) is 32.0 Å². The summed E-state index contributed by atoms with van der Waals surface area (Å²) < 4.78 is 10.8. The summed E-state index contributed by atoms with van der Waals surface area (Å²) in [5, 5.41) is 6.04. The number of hydrogen-bond donors (Lipinski definition) is 0. The van der Waals surface area contributed by atoms with Crippen LogP contribution < -0.4 is 4.74 Å². The fraction of sp³-hybridized carbons (Fsp3) is 0.0909. The van der Waals surface area contributed by atoms with Gasteiger partial charge in [0.25, 0.3) is 0 Å². The first kappa shape index (κ1) is 18.8. The third-order valence-corrected chi connectivity index (χ3v) is 6.58. The van der Waals surface area contributed by atoms with Gasteiger partial charge >= 0.3 is 0 Å². The number of methoxy groups -OCH3 is 1. The molecule has 0 saturated heterocycles. The molecule has 0 atom stereocenters. The molecule has 3 aromatic heterocycles. The van der Waals surface area contributed by atoms with Gasteiger partial charge in [0, 0.05) is 10.3 Å². The van der Waals surface area contributed by atoms with Crippen molar-refractivity contribution < 1.29 is 9.26 Å². The molecule has 0 N–H and O–H groups in total. The number of benzene rings is 2. The van der Waals surface area contributed by atoms with E-state index in [2.05, 4.69) is 38.3 Å². The highest BCUT2D eigenvalue weighted by atomic mass is 32.2. The number of rotatable bonds is 6. The molecule has 0 aliphatic carbocycles. The molecule has 0 spiro atoms. The molecule has 5 aromatic rings. The van der Waals surface area contributed by atoms with E-state index in [1.165, 1.54) is 10.4 Å². The predicted octanol–water partition coefficient (Wildman–Crippen LogP) is 5.71. The molecular weight excluding hydrogens is 416 g/mol. The van der Waals surface area contributed by atoms with Gasteiger partial charge in [-0.1, -0.05) is 59.4 Å². The van der Waals surface area contributed by atoms with Crippen LogP contribution in [0.2, 0.25) is 0 Å². The van der Waals surface area contributed by atoms with Crippen LogP contribution in [0.5, 0.6) is 5.75 Å². The van der Waals surface area contributed by atoms with Gasteiger partial charge in [0.2, 0.25) is 11.7 Å². The average molecular weight is 433 g/mol. The van der Waals surface area contributed by atoms with Gasteiger partial charge < -0.3 is 9.26 Å². The highest BCUT2D eigenvalue weighted by molar-refractivity contribution is 7.98. The molecule has 0 saturated carbocycles. The average Bonchev–Trinajstić information content (AvgIpc) is 3.46. The Morgan fingerprint density at radius 2 is 1.87 bits per heavy atom. The molecule has 0 aliphatic heterocycles. The van der Waals surface area contributed by atoms with Crippen molar-refractivity contribution in [1.29, 1.82) is 0 Å². The summed E-state index contributed by atoms with van der Waals surface area (Å²) in [5.74, 6) is 2.27. The Balaban J connectivity index is 1.38. The van der Waals surface area contributed by atoms with E-state index in [1.54, 1.807) is 36.5 Å². The minimum Gasteiger partial charge on any atom is -0.496 e. The number of hydrogen-bond acceptors (Lipinski definition) is 8. The molecule has 6 nitrogen and oxygen atoms in total. The summed E-state index contributed by atoms with van der Waals surface area (Å²) >= 11 is 3.22. The van der Waals surface area contributed by atoms with Crippen molar-refractivity contribution in [2.45, 2.75) is 10.8 Å². The molecule has 0 unspecified atom stereocenters. The Morgan fingerprint density at radius 3 is 2.73 bits per heavy atom. The summed E-state index contributed by atoms with van der Waals surface area (Å²) in [6, 6.07) is 20.0. The fourth-order valence-corrected chi connectivity index (χ4v) is 4.96. The Hall–Kier alpha value is -3.23. The maximum absolute atomic E-state index is 5.45. The lowest BCUT2D eigenvalue weighted by Crippen LogP contribution is -1.89. The lowest BCUT2D eigenvalue weighted by molar-refractivity contribution is 0.390. The van der Waals surface area contributed by atoms with E-state index in [9.17, 15) is 0 Å². The zero-order valence-corrected chi connectivity index (χ0v) is 17.6. The number of thiophene rings is 1. The molecule has 0 aliphatic rings. The van der Waals surface area contributed by atoms with Crippen LogP contribution in [-0.2, 0) is 5.75 Å². The maximum Gasteiger partial charge on any atom is 0.237 e. The zero-order valence-electron chi connectivity index (χ0n) is 16.0. The molecule has 8 heteroatoms. The Kier molecular flexibility index (Phi) is 5.17. The predicted molar refractivity (Wildman–Crippen MR) is 119 cm³/mol. The summed E-state index contributed by atoms with van der Waals surface area (Å²) in [6.45, 7) is 0. The molecule has 0 amide bonds. The van der Waals surface area contributed by atoms with Crippen molar-refractivity contribution in [3.8, 4) is 27.6 Å². The van der Waals surface area contributed by atoms with Crippen LogP contribution in [-0.4, -0.2) is 27.2 Å². The normalized spacial score (nSPS) is 11.1. The van der Waals surface area contributed by atoms with Gasteiger partial charge in [-0.15, -0.1) is 11.3 Å². The van der Waals surface area contributed by atoms with E-state index < -0.39 is 0 Å². The van der Waals surface area contributed by atoms with Gasteiger partial charge in [0.15, 0.2) is 0 Å². The first-order valence-corrected chi connectivity index (χ1v) is 11.0. The van der Waals surface area contributed by atoms with E-state index in [-0.39, 0.29) is 0 Å². The van der Waals surface area contributed by atoms with Crippen LogP contribution in [0.15, 0.2) is 76.5 Å². The van der Waals surface area contributed by atoms with Crippen molar-refractivity contribution in [3.63, 3.8) is 0 Å². The summed E-state index contributed by atoms with van der Waals surface area (Å²) in [7, 11) is 1.63. The standard InChI is InChI=1S/C22H16N4O2S2/c1-27-17-10-6-5-9-15(17)20-25-19(28-26-20)12-29-21-16-11-18(14-7-3-2-4-8-14)30-22(16)24-13-23-21/h2-11,13H,12H2,1H3. The van der Waals surface area contributed by atoms with Crippen LogP contribution >= 0.6 is 23.1 Å². The lowest BCUT2D eigenvalue weighted by atomic mass is 10.2. The number of nitrogens with zero attached hydrogens (tertiary/aromatic N) is 4. The van der Waals surface area contributed by atoms with Crippen molar-refractivity contribution in [2.24, 2.45) is 0 Å². The first-order valence-electron chi connectivity index (χ1n) is 9.20. The van der Waals surface area contributed by atoms with E-state index >= 15 is 0 Å². The van der Waals surface area contributed by atoms with Crippen LogP contribution in [0.3, 0.4) is 0 Å². The summed E-state index contributed by atoms with van der Waals surface area (Å²) in [5.41, 5.74) is 1.98. The van der Waals surface area contributed by atoms with Gasteiger partial charge in [-0.3, -0.25) is 0 Å². The fourth-order valence-electron chi connectivity index (χ4n) is 3.08. The molecule has 2 aromatic carbocycles. The number of aromatic nitrogens is 4. The van der Waals surface area contributed by atoms with Gasteiger partial charge in [-0.2, -0.15) is 4.98 Å². The molecule has 0 radical (unpaired) electrons. The number of fused-ring (bicyclic) bond motifs is 1. The van der Waals surface area contributed by atoms with Crippen molar-refractivity contribution >= 4 is 33.3 Å². The second-order valence-electron chi connectivity index (χ2n) is 6.38. The third kappa shape index (κ3) is 3.67. The number of thioether (sulfide) groups is 1. The Morgan fingerprint density at radius 1 is 1.03 bits per heavy atom. The Bertz CT molecular complexity index is 1300. The second-order valence-corrected chi connectivity index (χ2v) is 8.37. The van der Waals surface area contributed by atoms with Crippen molar-refractivity contribution in [1.82, 2.24) is 20.1 Å². The van der Waals surface area contributed by atoms with Crippen LogP contribution in [0.4, 0.5) is 0 Å². The van der Waals surface area contributed by atoms with E-state index in [1.807, 2.05) is 42.5 Å². The quantitative estimate of drug-likeness (QED) is 0.251. The smallest absolute Gasteiger partial charge is 0.237 e. The minimum absolute atomic E-state index is 0.512.